The van der Waals surface area contributed by atoms with Crippen molar-refractivity contribution in [3.8, 4) is 5.75 Å². The second-order valence-electron chi connectivity index (χ2n) is 5.06. The van der Waals surface area contributed by atoms with Gasteiger partial charge in [-0.05, 0) is 39.8 Å². The fourth-order valence-electron chi connectivity index (χ4n) is 0.973. The van der Waals surface area contributed by atoms with Crippen LogP contribution in [0, 0.1) is 0 Å². The maximum atomic E-state index is 9.93. The van der Waals surface area contributed by atoms with Gasteiger partial charge in [-0.25, -0.2) is 0 Å². The quantitative estimate of drug-likeness (QED) is 0.394. The van der Waals surface area contributed by atoms with Gasteiger partial charge in [-0.3, -0.25) is 0 Å². The molecule has 6 N–H and O–H groups in total. The van der Waals surface area contributed by atoms with Gasteiger partial charge in [0.2, 0.25) is 0 Å². The van der Waals surface area contributed by atoms with Gasteiger partial charge in [-0.2, -0.15) is 0 Å². The van der Waals surface area contributed by atoms with Crippen molar-refractivity contribution in [2.75, 3.05) is 5.73 Å². The molecule has 0 saturated heterocycles. The highest BCUT2D eigenvalue weighted by molar-refractivity contribution is 6.30. The lowest BCUT2D eigenvalue weighted by Gasteiger charge is -2.37. The Labute approximate surface area is 113 Å². The van der Waals surface area contributed by atoms with Crippen LogP contribution in [-0.4, -0.2) is 38.7 Å². The average Bonchev–Trinajstić information content (AvgIpc) is 2.18. The van der Waals surface area contributed by atoms with Crippen molar-refractivity contribution in [1.82, 2.24) is 0 Å². The summed E-state index contributed by atoms with van der Waals surface area (Å²) in [5, 5.41) is 31.4. The third-order valence-corrected chi connectivity index (χ3v) is 2.76. The summed E-state index contributed by atoms with van der Waals surface area (Å²) < 4.78 is 5.72. The van der Waals surface area contributed by atoms with Gasteiger partial charge in [0, 0.05) is 0 Å². The van der Waals surface area contributed by atoms with E-state index in [4.69, 9.17) is 25.5 Å². The van der Waals surface area contributed by atoms with Crippen molar-refractivity contribution in [1.29, 1.82) is 0 Å². The molecule has 0 heterocycles. The van der Waals surface area contributed by atoms with Crippen LogP contribution in [0.3, 0.4) is 0 Å². The van der Waals surface area contributed by atoms with Crippen LogP contribution in [0.5, 0.6) is 5.75 Å². The molecule has 1 aromatic rings. The molecule has 0 atom stereocenters. The number of anilines is 1. The fourth-order valence-corrected chi connectivity index (χ4v) is 0.973. The summed E-state index contributed by atoms with van der Waals surface area (Å²) in [6.07, 6.45) is 0. The number of aliphatic hydroxyl groups is 1. The number of nitrogens with two attached hydrogens (primary N) is 1. The van der Waals surface area contributed by atoms with Crippen LogP contribution >= 0.6 is 0 Å². The summed E-state index contributed by atoms with van der Waals surface area (Å²) in [6.45, 7) is 7.09. The van der Waals surface area contributed by atoms with Crippen molar-refractivity contribution in [3.05, 3.63) is 24.3 Å². The third-order valence-electron chi connectivity index (χ3n) is 2.76. The van der Waals surface area contributed by atoms with Crippen LogP contribution in [-0.2, 0) is 0 Å². The van der Waals surface area contributed by atoms with E-state index in [1.54, 1.807) is 26.0 Å². The minimum atomic E-state index is -2.17. The van der Waals surface area contributed by atoms with Gasteiger partial charge in [0.1, 0.15) is 11.4 Å². The third kappa shape index (κ3) is 6.44. The van der Waals surface area contributed by atoms with Crippen LogP contribution in [0.15, 0.2) is 24.3 Å². The Kier molecular flexibility index (Phi) is 6.31. The highest BCUT2D eigenvalue weighted by atomic mass is 16.5. The molecule has 0 aromatic heterocycles. The summed E-state index contributed by atoms with van der Waals surface area (Å²) in [5.41, 5.74) is 4.72. The number of nitrogen functional groups attached to an aromatic ring is 1. The molecule has 1 aromatic carbocycles. The molecule has 0 amide bonds. The molecule has 0 fully saturated rings. The predicted octanol–water partition coefficient (Wildman–Crippen LogP) is 0.145. The van der Waals surface area contributed by atoms with Gasteiger partial charge in [-0.1, -0.05) is 12.1 Å². The zero-order valence-corrected chi connectivity index (χ0v) is 11.7. The Morgan fingerprint density at radius 1 is 1.05 bits per heavy atom. The number of benzene rings is 1. The van der Waals surface area contributed by atoms with E-state index in [9.17, 15) is 5.11 Å². The highest BCUT2D eigenvalue weighted by Gasteiger charge is 2.37. The molecular formula is C12H22BNO5. The fraction of sp³-hybridized carbons (Fsp3) is 0.500. The Balaban J connectivity index is 0.000000711. The maximum Gasteiger partial charge on any atom is 0.631 e. The molecular weight excluding hydrogens is 249 g/mol. The average molecular weight is 271 g/mol. The molecule has 0 aliphatic carbocycles. The van der Waals surface area contributed by atoms with Crippen LogP contribution in [0.4, 0.5) is 5.69 Å². The Morgan fingerprint density at radius 2 is 1.47 bits per heavy atom. The van der Waals surface area contributed by atoms with Gasteiger partial charge in [0.25, 0.3) is 0 Å². The summed E-state index contributed by atoms with van der Waals surface area (Å²) in [4.78, 5) is 0. The zero-order valence-electron chi connectivity index (χ0n) is 11.7. The minimum Gasteiger partial charge on any atom is -0.483 e. The van der Waals surface area contributed by atoms with Gasteiger partial charge < -0.3 is 30.6 Å². The van der Waals surface area contributed by atoms with E-state index in [0.29, 0.717) is 11.4 Å². The smallest absolute Gasteiger partial charge is 0.483 e. The molecule has 0 spiro atoms. The van der Waals surface area contributed by atoms with Gasteiger partial charge in [0.05, 0.1) is 11.3 Å². The SMILES string of the molecule is CC(C)(O)C(C)(C)Oc1ccccc1N.OB(O)O. The van der Waals surface area contributed by atoms with Crippen molar-refractivity contribution < 1.29 is 24.9 Å². The van der Waals surface area contributed by atoms with Crippen LogP contribution in [0.2, 0.25) is 0 Å². The van der Waals surface area contributed by atoms with Gasteiger partial charge >= 0.3 is 7.32 Å². The lowest BCUT2D eigenvalue weighted by atomic mass is 9.89. The van der Waals surface area contributed by atoms with E-state index in [0.717, 1.165) is 0 Å². The lowest BCUT2D eigenvalue weighted by Crippen LogP contribution is -2.49. The number of rotatable bonds is 3. The van der Waals surface area contributed by atoms with Crippen molar-refractivity contribution in [3.63, 3.8) is 0 Å². The van der Waals surface area contributed by atoms with E-state index in [2.05, 4.69) is 0 Å². The molecule has 0 aliphatic heterocycles. The topological polar surface area (TPSA) is 116 Å². The number of hydrogen-bond donors (Lipinski definition) is 5. The summed E-state index contributed by atoms with van der Waals surface area (Å²) in [6, 6.07) is 7.27. The summed E-state index contributed by atoms with van der Waals surface area (Å²) in [7, 11) is -2.17. The lowest BCUT2D eigenvalue weighted by molar-refractivity contribution is -0.0903. The van der Waals surface area contributed by atoms with Crippen LogP contribution in [0.25, 0.3) is 0 Å². The van der Waals surface area contributed by atoms with Crippen LogP contribution in [0.1, 0.15) is 27.7 Å². The molecule has 0 bridgehead atoms. The minimum absolute atomic E-state index is 0.579. The Morgan fingerprint density at radius 3 is 1.84 bits per heavy atom. The molecule has 6 nitrogen and oxygen atoms in total. The maximum absolute atomic E-state index is 9.93. The molecule has 0 radical (unpaired) electrons. The Hall–Kier alpha value is -1.28. The normalized spacial score (nSPS) is 11.4. The Bertz CT molecular complexity index is 387. The molecule has 108 valence electrons. The first kappa shape index (κ1) is 17.7. The zero-order chi connectivity index (χ0) is 15.3. The van der Waals surface area contributed by atoms with Gasteiger partial charge in [0.15, 0.2) is 0 Å². The van der Waals surface area contributed by atoms with Crippen molar-refractivity contribution in [2.24, 2.45) is 0 Å². The second-order valence-corrected chi connectivity index (χ2v) is 5.06. The molecule has 19 heavy (non-hydrogen) atoms. The summed E-state index contributed by atoms with van der Waals surface area (Å²) >= 11 is 0. The number of para-hydroxylation sites is 2. The predicted molar refractivity (Wildman–Crippen MR) is 74.3 cm³/mol. The highest BCUT2D eigenvalue weighted by Crippen LogP contribution is 2.30. The van der Waals surface area contributed by atoms with E-state index in [1.807, 2.05) is 26.0 Å². The van der Waals surface area contributed by atoms with E-state index >= 15 is 0 Å². The van der Waals surface area contributed by atoms with E-state index in [-0.39, 0.29) is 0 Å². The summed E-state index contributed by atoms with van der Waals surface area (Å²) in [5.74, 6) is 0.602. The number of ether oxygens (including phenoxy) is 1. The second kappa shape index (κ2) is 6.77. The first-order valence-corrected chi connectivity index (χ1v) is 5.77. The molecule has 7 heteroatoms. The molecule has 1 rings (SSSR count). The number of hydrogen-bond acceptors (Lipinski definition) is 6. The van der Waals surface area contributed by atoms with Crippen molar-refractivity contribution in [2.45, 2.75) is 38.9 Å². The first-order chi connectivity index (χ1) is 8.47. The van der Waals surface area contributed by atoms with Gasteiger partial charge in [-0.15, -0.1) is 0 Å². The van der Waals surface area contributed by atoms with E-state index in [1.165, 1.54) is 0 Å². The monoisotopic (exact) mass is 271 g/mol. The van der Waals surface area contributed by atoms with E-state index < -0.39 is 18.5 Å². The standard InChI is InChI=1S/C12H19NO2.BH3O3/c1-11(2,14)12(3,4)15-10-8-6-5-7-9(10)13;2-1(3)4/h5-8,14H,13H2,1-4H3;2-4H. The van der Waals surface area contributed by atoms with Crippen molar-refractivity contribution >= 4 is 13.0 Å². The largest absolute Gasteiger partial charge is 0.631 e. The van der Waals surface area contributed by atoms with Crippen LogP contribution < -0.4 is 10.5 Å². The molecule has 0 unspecified atom stereocenters. The molecule has 0 saturated carbocycles. The first-order valence-electron chi connectivity index (χ1n) is 5.77. The molecule has 0 aliphatic rings.